The maximum absolute atomic E-state index is 6.07. The number of benzene rings is 3. The van der Waals surface area contributed by atoms with Crippen LogP contribution >= 0.6 is 0 Å². The zero-order chi connectivity index (χ0) is 22.3. The topological polar surface area (TPSA) is 88.6 Å². The molecular weight excluding hydrogens is 412 g/mol. The first-order valence-electron chi connectivity index (χ1n) is 10.6. The van der Waals surface area contributed by atoms with Crippen molar-refractivity contribution >= 4 is 5.95 Å². The lowest BCUT2D eigenvalue weighted by Crippen LogP contribution is -2.06. The summed E-state index contributed by atoms with van der Waals surface area (Å²) in [4.78, 5) is 4.64. The van der Waals surface area contributed by atoms with E-state index >= 15 is 0 Å². The molecule has 0 saturated heterocycles. The van der Waals surface area contributed by atoms with Gasteiger partial charge in [-0.15, -0.1) is 5.10 Å². The van der Waals surface area contributed by atoms with Crippen LogP contribution in [0.1, 0.15) is 11.3 Å². The van der Waals surface area contributed by atoms with Crippen molar-refractivity contribution in [2.45, 2.75) is 13.2 Å². The molecule has 0 spiro atoms. The van der Waals surface area contributed by atoms with Gasteiger partial charge in [0.1, 0.15) is 12.4 Å². The highest BCUT2D eigenvalue weighted by Gasteiger charge is 2.10. The molecule has 3 aromatic carbocycles. The van der Waals surface area contributed by atoms with E-state index in [1.165, 1.54) is 0 Å². The van der Waals surface area contributed by atoms with Gasteiger partial charge in [0, 0.05) is 11.1 Å². The quantitative estimate of drug-likeness (QED) is 0.352. The summed E-state index contributed by atoms with van der Waals surface area (Å²) in [6.45, 7) is 0.974. The van der Waals surface area contributed by atoms with E-state index < -0.39 is 0 Å². The van der Waals surface area contributed by atoms with Crippen molar-refractivity contribution in [2.75, 3.05) is 5.32 Å². The first kappa shape index (κ1) is 20.4. The highest BCUT2D eigenvalue weighted by molar-refractivity contribution is 5.67. The molecule has 7 nitrogen and oxygen atoms in total. The van der Waals surface area contributed by atoms with Gasteiger partial charge in [-0.25, -0.2) is 4.98 Å². The highest BCUT2D eigenvalue weighted by atomic mass is 16.5. The van der Waals surface area contributed by atoms with Crippen LogP contribution in [0.15, 0.2) is 97.2 Å². The minimum absolute atomic E-state index is 0.432. The van der Waals surface area contributed by atoms with Crippen molar-refractivity contribution in [2.24, 2.45) is 0 Å². The molecule has 33 heavy (non-hydrogen) atoms. The van der Waals surface area contributed by atoms with E-state index in [1.807, 2.05) is 91.0 Å². The van der Waals surface area contributed by atoms with Crippen LogP contribution in [-0.4, -0.2) is 25.4 Å². The van der Waals surface area contributed by atoms with Gasteiger partial charge in [-0.05, 0) is 23.8 Å². The lowest BCUT2D eigenvalue weighted by molar-refractivity contribution is 0.307. The summed E-state index contributed by atoms with van der Waals surface area (Å²) in [6.07, 6.45) is 1.64. The van der Waals surface area contributed by atoms with Gasteiger partial charge in [-0.2, -0.15) is 10.2 Å². The lowest BCUT2D eigenvalue weighted by Gasteiger charge is -2.11. The van der Waals surface area contributed by atoms with Gasteiger partial charge in [0.25, 0.3) is 0 Å². The molecule has 0 bridgehead atoms. The van der Waals surface area contributed by atoms with Crippen LogP contribution in [0.3, 0.4) is 0 Å². The van der Waals surface area contributed by atoms with Crippen LogP contribution in [-0.2, 0) is 13.2 Å². The summed E-state index contributed by atoms with van der Waals surface area (Å²) in [5.41, 5.74) is 5.53. The summed E-state index contributed by atoms with van der Waals surface area (Å²) in [5.74, 6) is 1.18. The molecule has 0 saturated carbocycles. The van der Waals surface area contributed by atoms with Crippen molar-refractivity contribution in [1.82, 2.24) is 25.4 Å². The normalized spacial score (nSPS) is 10.7. The number of H-pyrrole nitrogens is 1. The maximum atomic E-state index is 6.07. The number of para-hydroxylation sites is 1. The number of ether oxygens (including phenoxy) is 1. The maximum Gasteiger partial charge on any atom is 0.243 e. The number of aromatic amines is 1. The largest absolute Gasteiger partial charge is 0.488 e. The van der Waals surface area contributed by atoms with Gasteiger partial charge in [-0.3, -0.25) is 5.10 Å². The molecule has 2 heterocycles. The molecule has 162 valence electrons. The minimum atomic E-state index is 0.432. The minimum Gasteiger partial charge on any atom is -0.488 e. The van der Waals surface area contributed by atoms with E-state index in [2.05, 4.69) is 30.7 Å². The number of rotatable bonds is 8. The number of nitrogens with one attached hydrogen (secondary N) is 2. The van der Waals surface area contributed by atoms with Crippen LogP contribution in [0.2, 0.25) is 0 Å². The number of anilines is 1. The zero-order valence-electron chi connectivity index (χ0n) is 17.8. The van der Waals surface area contributed by atoms with Crippen molar-refractivity contribution in [3.63, 3.8) is 0 Å². The Balaban J connectivity index is 1.29. The average molecular weight is 435 g/mol. The van der Waals surface area contributed by atoms with Gasteiger partial charge in [0.15, 0.2) is 0 Å². The summed E-state index contributed by atoms with van der Waals surface area (Å²) in [5, 5.41) is 18.9. The number of hydrogen-bond acceptors (Lipinski definition) is 6. The van der Waals surface area contributed by atoms with Crippen molar-refractivity contribution in [1.29, 1.82) is 0 Å². The summed E-state index contributed by atoms with van der Waals surface area (Å²) < 4.78 is 6.07. The van der Waals surface area contributed by atoms with Gasteiger partial charge >= 0.3 is 0 Å². The first-order chi connectivity index (χ1) is 16.3. The standard InChI is InChI=1S/C26H22N6O/c1-3-9-19(10-4-1)18-33-25-14-8-7-13-22(25)24-17-28-32-26(29-24)27-16-21-15-23(31-30-21)20-11-5-2-6-12-20/h1-15,17H,16,18H2,(H,30,31)(H,27,29,32). The van der Waals surface area contributed by atoms with Crippen molar-refractivity contribution in [3.8, 4) is 28.3 Å². The first-order valence-corrected chi connectivity index (χ1v) is 10.6. The molecule has 2 aromatic heterocycles. The number of nitrogens with zero attached hydrogens (tertiary/aromatic N) is 4. The molecule has 7 heteroatoms. The lowest BCUT2D eigenvalue weighted by atomic mass is 10.1. The summed E-state index contributed by atoms with van der Waals surface area (Å²) in [6, 6.07) is 29.9. The van der Waals surface area contributed by atoms with E-state index in [4.69, 9.17) is 4.74 Å². The SMILES string of the molecule is c1ccc(COc2ccccc2-c2cnnc(NCc3cc(-c4ccccc4)n[nH]3)n2)cc1. The smallest absolute Gasteiger partial charge is 0.243 e. The van der Waals surface area contributed by atoms with Crippen LogP contribution in [0, 0.1) is 0 Å². The van der Waals surface area contributed by atoms with Crippen LogP contribution in [0.25, 0.3) is 22.5 Å². The van der Waals surface area contributed by atoms with E-state index in [1.54, 1.807) is 6.20 Å². The molecule has 0 unspecified atom stereocenters. The fourth-order valence-electron chi connectivity index (χ4n) is 3.43. The molecule has 0 aliphatic rings. The van der Waals surface area contributed by atoms with Gasteiger partial charge < -0.3 is 10.1 Å². The third kappa shape index (κ3) is 5.04. The molecular formula is C26H22N6O. The average Bonchev–Trinajstić information content (AvgIpc) is 3.37. The Labute approximate surface area is 191 Å². The second-order valence-electron chi connectivity index (χ2n) is 7.43. The molecule has 0 atom stereocenters. The molecule has 0 fully saturated rings. The third-order valence-electron chi connectivity index (χ3n) is 5.10. The molecule has 5 rings (SSSR count). The second-order valence-corrected chi connectivity index (χ2v) is 7.43. The second kappa shape index (κ2) is 9.74. The Hall–Kier alpha value is -4.52. The zero-order valence-corrected chi connectivity index (χ0v) is 17.8. The molecule has 0 amide bonds. The molecule has 0 aliphatic heterocycles. The Bertz CT molecular complexity index is 1320. The van der Waals surface area contributed by atoms with Gasteiger partial charge in [-0.1, -0.05) is 72.8 Å². The van der Waals surface area contributed by atoms with Crippen molar-refractivity contribution < 1.29 is 4.74 Å². The molecule has 5 aromatic rings. The molecule has 0 radical (unpaired) electrons. The van der Waals surface area contributed by atoms with E-state index in [0.29, 0.717) is 24.8 Å². The summed E-state index contributed by atoms with van der Waals surface area (Å²) in [7, 11) is 0. The Kier molecular flexibility index (Phi) is 6.02. The monoisotopic (exact) mass is 434 g/mol. The fourth-order valence-corrected chi connectivity index (χ4v) is 3.43. The number of hydrogen-bond donors (Lipinski definition) is 2. The predicted molar refractivity (Wildman–Crippen MR) is 127 cm³/mol. The van der Waals surface area contributed by atoms with E-state index in [-0.39, 0.29) is 0 Å². The number of aromatic nitrogens is 5. The Morgan fingerprint density at radius 1 is 0.818 bits per heavy atom. The van der Waals surface area contributed by atoms with Crippen LogP contribution < -0.4 is 10.1 Å². The van der Waals surface area contributed by atoms with Crippen LogP contribution in [0.4, 0.5) is 5.95 Å². The molecule has 2 N–H and O–H groups in total. The summed E-state index contributed by atoms with van der Waals surface area (Å²) >= 11 is 0. The van der Waals surface area contributed by atoms with E-state index in [0.717, 1.165) is 33.8 Å². The highest BCUT2D eigenvalue weighted by Crippen LogP contribution is 2.29. The van der Waals surface area contributed by atoms with Gasteiger partial charge in [0.05, 0.1) is 29.8 Å². The Morgan fingerprint density at radius 3 is 2.42 bits per heavy atom. The van der Waals surface area contributed by atoms with Crippen molar-refractivity contribution in [3.05, 3.63) is 108 Å². The fraction of sp³-hybridized carbons (Fsp3) is 0.0769. The predicted octanol–water partition coefficient (Wildman–Crippen LogP) is 5.12. The Morgan fingerprint density at radius 2 is 1.58 bits per heavy atom. The van der Waals surface area contributed by atoms with E-state index in [9.17, 15) is 0 Å². The molecule has 0 aliphatic carbocycles. The van der Waals surface area contributed by atoms with Crippen LogP contribution in [0.5, 0.6) is 5.75 Å². The van der Waals surface area contributed by atoms with Gasteiger partial charge in [0.2, 0.25) is 5.95 Å². The third-order valence-corrected chi connectivity index (χ3v) is 5.10.